The van der Waals surface area contributed by atoms with E-state index in [0.29, 0.717) is 18.8 Å². The molecule has 216 valence electrons. The topological polar surface area (TPSA) is 84.1 Å². The van der Waals surface area contributed by atoms with Gasteiger partial charge >= 0.3 is 11.9 Å². The zero-order valence-electron chi connectivity index (χ0n) is 24.1. The van der Waals surface area contributed by atoms with Gasteiger partial charge in [-0.15, -0.1) is 0 Å². The molecule has 0 bridgehead atoms. The van der Waals surface area contributed by atoms with Crippen LogP contribution in [0.25, 0.3) is 17.1 Å². The van der Waals surface area contributed by atoms with E-state index in [1.54, 1.807) is 6.21 Å². The molecule has 3 aliphatic heterocycles. The molecule has 3 fully saturated rings. The number of rotatable bonds is 6. The summed E-state index contributed by atoms with van der Waals surface area (Å²) < 4.78 is 7.48. The number of carbonyl (C=O) groups is 2. The summed E-state index contributed by atoms with van der Waals surface area (Å²) in [5, 5.41) is 12.2. The van der Waals surface area contributed by atoms with Crippen LogP contribution in [0.3, 0.4) is 0 Å². The second-order valence-corrected chi connectivity index (χ2v) is 12.8. The van der Waals surface area contributed by atoms with Crippen molar-refractivity contribution in [3.8, 4) is 0 Å². The van der Waals surface area contributed by atoms with Crippen molar-refractivity contribution in [1.82, 2.24) is 9.47 Å². The summed E-state index contributed by atoms with van der Waals surface area (Å²) in [6.07, 6.45) is 15.2. The number of hydrogen-bond acceptors (Lipinski definition) is 5. The summed E-state index contributed by atoms with van der Waals surface area (Å²) in [5.74, 6) is -1.44. The number of fused-ring (bicyclic) bond motifs is 6. The molecular weight excluding hydrogens is 514 g/mol. The van der Waals surface area contributed by atoms with E-state index in [2.05, 4.69) is 39.9 Å². The van der Waals surface area contributed by atoms with Gasteiger partial charge in [0.15, 0.2) is 0 Å². The standard InChI is InChI=1S/C34H41N3O4/c1-41-32(38)26-20-35-30-25-13-8-14-34(33(39)40,15-18-36-16-5-6-17-36)29(25)28-19-23-11-7-12-24(22-9-3-2-4-10-22)31(23)37(28)21-27(26)30/h7,11-12,19-22,26,29H,2-6,8-10,13-18H2,1H3,(H,39,40)/t26?,29-,34?/m1/s1. The average Bonchev–Trinajstić information content (AvgIpc) is 3.74. The second kappa shape index (κ2) is 10.6. The fourth-order valence-electron chi connectivity index (χ4n) is 8.66. The molecule has 3 atom stereocenters. The molecule has 7 nitrogen and oxygen atoms in total. The molecule has 0 spiro atoms. The molecule has 5 aliphatic rings. The van der Waals surface area contributed by atoms with Crippen LogP contribution in [0.5, 0.6) is 0 Å². The van der Waals surface area contributed by atoms with E-state index in [1.807, 2.05) is 0 Å². The predicted octanol–water partition coefficient (Wildman–Crippen LogP) is 6.50. The van der Waals surface area contributed by atoms with Gasteiger partial charge in [0, 0.05) is 35.0 Å². The van der Waals surface area contributed by atoms with E-state index in [9.17, 15) is 14.7 Å². The van der Waals surface area contributed by atoms with Crippen LogP contribution in [-0.2, 0) is 14.3 Å². The number of para-hydroxylation sites is 1. The minimum Gasteiger partial charge on any atom is -0.481 e. The molecular formula is C34H41N3O4. The Morgan fingerprint density at radius 3 is 2.66 bits per heavy atom. The van der Waals surface area contributed by atoms with Crippen molar-refractivity contribution in [1.29, 1.82) is 0 Å². The van der Waals surface area contributed by atoms with Gasteiger partial charge in [0.25, 0.3) is 0 Å². The largest absolute Gasteiger partial charge is 0.481 e. The Hall–Kier alpha value is -3.19. The third-order valence-corrected chi connectivity index (χ3v) is 10.7. The molecule has 1 aromatic carbocycles. The maximum atomic E-state index is 13.5. The van der Waals surface area contributed by atoms with Gasteiger partial charge in [0.05, 0.1) is 23.7 Å². The van der Waals surface area contributed by atoms with Crippen molar-refractivity contribution in [2.45, 2.75) is 82.5 Å². The molecule has 0 radical (unpaired) electrons. The van der Waals surface area contributed by atoms with E-state index >= 15 is 0 Å². The van der Waals surface area contributed by atoms with Crippen molar-refractivity contribution < 1.29 is 19.4 Å². The van der Waals surface area contributed by atoms with Gasteiger partial charge in [-0.1, -0.05) is 37.5 Å². The van der Waals surface area contributed by atoms with Crippen molar-refractivity contribution in [2.24, 2.45) is 16.3 Å². The van der Waals surface area contributed by atoms with E-state index in [-0.39, 0.29) is 11.9 Å². The number of aromatic nitrogens is 1. The number of nitrogens with zero attached hydrogens (tertiary/aromatic N) is 3. The fourth-order valence-corrected chi connectivity index (χ4v) is 8.66. The lowest BCUT2D eigenvalue weighted by Gasteiger charge is -2.43. The summed E-state index contributed by atoms with van der Waals surface area (Å²) in [6.45, 7) is 2.90. The molecule has 4 heterocycles. The van der Waals surface area contributed by atoms with Crippen LogP contribution in [0.4, 0.5) is 0 Å². The number of aliphatic carboxylic acids is 1. The first-order valence-corrected chi connectivity index (χ1v) is 15.7. The molecule has 2 unspecified atom stereocenters. The summed E-state index contributed by atoms with van der Waals surface area (Å²) in [6, 6.07) is 8.85. The van der Waals surface area contributed by atoms with Crippen molar-refractivity contribution >= 4 is 35.3 Å². The van der Waals surface area contributed by atoms with Crippen LogP contribution < -0.4 is 0 Å². The van der Waals surface area contributed by atoms with Gasteiger partial charge in [-0.05, 0) is 94.1 Å². The van der Waals surface area contributed by atoms with Gasteiger partial charge in [-0.3, -0.25) is 14.6 Å². The van der Waals surface area contributed by atoms with E-state index in [1.165, 1.54) is 63.1 Å². The highest BCUT2D eigenvalue weighted by Gasteiger charge is 2.53. The predicted molar refractivity (Wildman–Crippen MR) is 160 cm³/mol. The normalized spacial score (nSPS) is 28.3. The first-order chi connectivity index (χ1) is 20.0. The maximum Gasteiger partial charge on any atom is 0.318 e. The number of esters is 1. The number of aliphatic imine (C=N–C) groups is 1. The molecule has 2 aromatic rings. The first-order valence-electron chi connectivity index (χ1n) is 15.7. The van der Waals surface area contributed by atoms with Gasteiger partial charge in [-0.2, -0.15) is 0 Å². The van der Waals surface area contributed by atoms with E-state index < -0.39 is 17.3 Å². The van der Waals surface area contributed by atoms with E-state index in [0.717, 1.165) is 60.4 Å². The Morgan fingerprint density at radius 1 is 1.10 bits per heavy atom. The lowest BCUT2D eigenvalue weighted by atomic mass is 9.60. The Kier molecular flexibility index (Phi) is 6.88. The third-order valence-electron chi connectivity index (χ3n) is 10.7. The monoisotopic (exact) mass is 555 g/mol. The van der Waals surface area contributed by atoms with Gasteiger partial charge in [-0.25, -0.2) is 0 Å². The minimum atomic E-state index is -0.928. The van der Waals surface area contributed by atoms with Crippen molar-refractivity contribution in [3.05, 3.63) is 52.4 Å². The van der Waals surface area contributed by atoms with E-state index in [4.69, 9.17) is 9.73 Å². The molecule has 1 aromatic heterocycles. The highest BCUT2D eigenvalue weighted by atomic mass is 16.5. The summed E-state index contributed by atoms with van der Waals surface area (Å²) in [5.41, 5.74) is 5.35. The Balaban J connectivity index is 1.45. The highest BCUT2D eigenvalue weighted by molar-refractivity contribution is 6.00. The molecule has 7 rings (SSSR count). The molecule has 1 N–H and O–H groups in total. The molecule has 41 heavy (non-hydrogen) atoms. The van der Waals surface area contributed by atoms with Crippen LogP contribution >= 0.6 is 0 Å². The van der Waals surface area contributed by atoms with Crippen LogP contribution in [0.15, 0.2) is 46.1 Å². The van der Waals surface area contributed by atoms with Gasteiger partial charge in [0.1, 0.15) is 5.92 Å². The smallest absolute Gasteiger partial charge is 0.318 e. The van der Waals surface area contributed by atoms with Crippen molar-refractivity contribution in [3.63, 3.8) is 0 Å². The lowest BCUT2D eigenvalue weighted by Crippen LogP contribution is -2.44. The zero-order chi connectivity index (χ0) is 28.1. The minimum absolute atomic E-state index is 0.305. The van der Waals surface area contributed by atoms with Gasteiger partial charge < -0.3 is 19.3 Å². The highest BCUT2D eigenvalue weighted by Crippen LogP contribution is 2.57. The Labute approximate surface area is 241 Å². The van der Waals surface area contributed by atoms with Gasteiger partial charge in [0.2, 0.25) is 0 Å². The molecule has 2 saturated carbocycles. The number of methoxy groups -OCH3 is 1. The third kappa shape index (κ3) is 4.30. The Bertz CT molecular complexity index is 1470. The molecule has 7 heteroatoms. The Morgan fingerprint density at radius 2 is 1.90 bits per heavy atom. The van der Waals surface area contributed by atoms with Crippen LogP contribution in [0.2, 0.25) is 0 Å². The maximum absolute atomic E-state index is 13.5. The van der Waals surface area contributed by atoms with Crippen LogP contribution in [-0.4, -0.2) is 59.5 Å². The second-order valence-electron chi connectivity index (χ2n) is 12.8. The number of ether oxygens (including phenoxy) is 1. The zero-order valence-corrected chi connectivity index (χ0v) is 24.1. The number of likely N-dealkylation sites (tertiary alicyclic amines) is 1. The number of carboxylic acid groups (broad SMARTS) is 1. The average molecular weight is 556 g/mol. The van der Waals surface area contributed by atoms with Crippen LogP contribution in [0.1, 0.15) is 93.7 Å². The quantitative estimate of drug-likeness (QED) is 0.412. The SMILES string of the molecule is COC(=O)C1C=NC2=C3CCCC(CCN4CCCC4)(C(=O)O)[C@H]3c3cc4cccc(C5CCCCC5)c4n3C=C21. The first kappa shape index (κ1) is 26.7. The number of hydrogen-bond donors (Lipinski definition) is 1. The fraction of sp³-hybridized carbons (Fsp3) is 0.559. The lowest BCUT2D eigenvalue weighted by molar-refractivity contribution is -0.152. The summed E-state index contributed by atoms with van der Waals surface area (Å²) >= 11 is 0. The molecule has 1 saturated heterocycles. The van der Waals surface area contributed by atoms with Crippen molar-refractivity contribution in [2.75, 3.05) is 26.7 Å². The van der Waals surface area contributed by atoms with Crippen LogP contribution in [0, 0.1) is 11.3 Å². The number of benzene rings is 1. The number of allylic oxidation sites excluding steroid dienone is 2. The summed E-state index contributed by atoms with van der Waals surface area (Å²) in [7, 11) is 1.42. The molecule has 2 aliphatic carbocycles. The number of carbonyl (C=O) groups excluding carboxylic acids is 1. The summed E-state index contributed by atoms with van der Waals surface area (Å²) in [4.78, 5) is 33.8. The number of carboxylic acids is 1. The molecule has 0 amide bonds.